The molecule has 8 N–H and O–H groups in total. The van der Waals surface area contributed by atoms with Crippen molar-refractivity contribution in [2.75, 3.05) is 46.8 Å². The highest BCUT2D eigenvalue weighted by molar-refractivity contribution is 7.87. The molecular formula is C20H49N7O8S2. The smallest absolute Gasteiger partial charge is 0.410 e. The van der Waals surface area contributed by atoms with Crippen molar-refractivity contribution in [1.29, 1.82) is 0 Å². The quantitative estimate of drug-likeness (QED) is 0.220. The van der Waals surface area contributed by atoms with Gasteiger partial charge in [-0.15, -0.1) is 0 Å². The summed E-state index contributed by atoms with van der Waals surface area (Å²) in [7, 11) is -3.98. The summed E-state index contributed by atoms with van der Waals surface area (Å²) in [6.07, 6.45) is 0.954. The predicted octanol–water partition coefficient (Wildman–Crippen LogP) is 0.0380. The van der Waals surface area contributed by atoms with Crippen molar-refractivity contribution in [3.8, 4) is 0 Å². The number of unbranched alkanes of at least 4 members (excludes halogenated alkanes) is 1. The van der Waals surface area contributed by atoms with Gasteiger partial charge in [0, 0.05) is 46.8 Å². The molecule has 0 bridgehead atoms. The van der Waals surface area contributed by atoms with Gasteiger partial charge >= 0.3 is 12.2 Å². The number of carbonyl (C=O) groups is 2. The first-order valence-electron chi connectivity index (χ1n) is 11.6. The number of ether oxygens (including phenoxy) is 2. The van der Waals surface area contributed by atoms with Crippen molar-refractivity contribution in [2.45, 2.75) is 72.5 Å². The topological polar surface area (TPSA) is 229 Å². The molecule has 0 aromatic carbocycles. The summed E-state index contributed by atoms with van der Waals surface area (Å²) in [5.74, 6) is 0. The SMILES string of the molecule is CCCCNS(N)(=O)=O.CN(CCN)C(=O)OC(C)(C)C.CN(CCNS(N)(=O)=O)C(=O)OC(C)(C)C. The lowest BCUT2D eigenvalue weighted by Crippen LogP contribution is -2.40. The summed E-state index contributed by atoms with van der Waals surface area (Å²) in [5, 5.41) is 9.36. The minimum Gasteiger partial charge on any atom is -0.444 e. The average molecular weight is 580 g/mol. The molecule has 0 aliphatic carbocycles. The Morgan fingerprint density at radius 3 is 1.41 bits per heavy atom. The van der Waals surface area contributed by atoms with Crippen molar-refractivity contribution in [2.24, 2.45) is 16.0 Å². The maximum absolute atomic E-state index is 11.4. The van der Waals surface area contributed by atoms with Crippen molar-refractivity contribution < 1.29 is 35.9 Å². The minimum atomic E-state index is -3.71. The molecular weight excluding hydrogens is 530 g/mol. The highest BCUT2D eigenvalue weighted by atomic mass is 32.2. The molecule has 0 saturated carbocycles. The van der Waals surface area contributed by atoms with E-state index in [4.69, 9.17) is 20.3 Å². The van der Waals surface area contributed by atoms with Crippen LogP contribution in [0.4, 0.5) is 9.59 Å². The van der Waals surface area contributed by atoms with Crippen LogP contribution in [0.1, 0.15) is 61.3 Å². The molecule has 2 amide bonds. The van der Waals surface area contributed by atoms with E-state index in [9.17, 15) is 26.4 Å². The predicted molar refractivity (Wildman–Crippen MR) is 144 cm³/mol. The molecule has 0 aromatic rings. The minimum absolute atomic E-state index is 0.0502. The molecule has 0 aromatic heterocycles. The zero-order valence-electron chi connectivity index (χ0n) is 23.7. The Morgan fingerprint density at radius 1 is 0.757 bits per heavy atom. The van der Waals surface area contributed by atoms with E-state index in [1.165, 1.54) is 16.8 Å². The van der Waals surface area contributed by atoms with Gasteiger partial charge in [0.2, 0.25) is 0 Å². The van der Waals surface area contributed by atoms with Gasteiger partial charge in [0.05, 0.1) is 0 Å². The number of rotatable bonds is 10. The first-order valence-corrected chi connectivity index (χ1v) is 14.7. The van der Waals surface area contributed by atoms with Crippen LogP contribution in [0.2, 0.25) is 0 Å². The van der Waals surface area contributed by atoms with Crippen LogP contribution in [0, 0.1) is 0 Å². The lowest BCUT2D eigenvalue weighted by molar-refractivity contribution is 0.0293. The van der Waals surface area contributed by atoms with E-state index in [0.29, 0.717) is 19.6 Å². The zero-order valence-corrected chi connectivity index (χ0v) is 25.3. The second-order valence-electron chi connectivity index (χ2n) is 9.82. The van der Waals surface area contributed by atoms with E-state index >= 15 is 0 Å². The standard InChI is InChI=1S/C8H19N3O4S.C8H18N2O2.C4H12N2O2S/c1-8(2,3)15-7(12)11(4)6-5-10-16(9,13)14;1-8(2,3)12-7(11)10(4)6-5-9;1-2-3-4-6-9(5,7)8/h10H,5-6H2,1-4H3,(H2,9,13,14);5-6,9H2,1-4H3;6H,2-4H2,1H3,(H2,5,7,8). The van der Waals surface area contributed by atoms with Gasteiger partial charge in [-0.25, -0.2) is 29.3 Å². The number of nitrogens with one attached hydrogen (secondary N) is 2. The molecule has 0 atom stereocenters. The van der Waals surface area contributed by atoms with E-state index in [1.807, 2.05) is 27.7 Å². The fraction of sp³-hybridized carbons (Fsp3) is 0.900. The van der Waals surface area contributed by atoms with Gasteiger partial charge in [0.15, 0.2) is 0 Å². The molecule has 0 saturated heterocycles. The molecule has 37 heavy (non-hydrogen) atoms. The Balaban J connectivity index is -0.000000490. The van der Waals surface area contributed by atoms with Gasteiger partial charge in [0.25, 0.3) is 20.4 Å². The van der Waals surface area contributed by atoms with E-state index in [0.717, 1.165) is 12.8 Å². The zero-order chi connectivity index (χ0) is 30.1. The second kappa shape index (κ2) is 18.5. The summed E-state index contributed by atoms with van der Waals surface area (Å²) < 4.78 is 55.8. The van der Waals surface area contributed by atoms with Crippen molar-refractivity contribution in [1.82, 2.24) is 19.2 Å². The number of nitrogens with two attached hydrogens (primary N) is 3. The number of amides is 2. The van der Waals surface area contributed by atoms with Crippen molar-refractivity contribution in [3.05, 3.63) is 0 Å². The highest BCUT2D eigenvalue weighted by Crippen LogP contribution is 2.09. The van der Waals surface area contributed by atoms with Crippen LogP contribution in [0.15, 0.2) is 0 Å². The van der Waals surface area contributed by atoms with Gasteiger partial charge in [-0.1, -0.05) is 13.3 Å². The van der Waals surface area contributed by atoms with E-state index in [-0.39, 0.29) is 19.2 Å². The molecule has 0 fully saturated rings. The summed E-state index contributed by atoms with van der Waals surface area (Å²) in [6.45, 7) is 14.4. The number of hydrogen-bond acceptors (Lipinski definition) is 9. The fourth-order valence-electron chi connectivity index (χ4n) is 1.80. The van der Waals surface area contributed by atoms with Crippen molar-refractivity contribution in [3.63, 3.8) is 0 Å². The molecule has 17 heteroatoms. The molecule has 0 rings (SSSR count). The maximum atomic E-state index is 11.4. The monoisotopic (exact) mass is 579 g/mol. The van der Waals surface area contributed by atoms with Crippen molar-refractivity contribution >= 4 is 32.6 Å². The number of hydrogen-bond donors (Lipinski definition) is 5. The number of likely N-dealkylation sites (N-methyl/N-ethyl adjacent to an activating group) is 2. The summed E-state index contributed by atoms with van der Waals surface area (Å²) in [4.78, 5) is 25.3. The van der Waals surface area contributed by atoms with E-state index in [2.05, 4.69) is 14.6 Å². The van der Waals surface area contributed by atoms with Crippen LogP contribution < -0.4 is 25.5 Å². The first kappa shape index (κ1) is 39.7. The molecule has 0 heterocycles. The Morgan fingerprint density at radius 2 is 1.11 bits per heavy atom. The van der Waals surface area contributed by atoms with Gasteiger partial charge in [-0.05, 0) is 48.0 Å². The van der Waals surface area contributed by atoms with Crippen LogP contribution in [-0.2, 0) is 29.9 Å². The van der Waals surface area contributed by atoms with E-state index in [1.54, 1.807) is 27.8 Å². The first-order chi connectivity index (χ1) is 16.4. The maximum Gasteiger partial charge on any atom is 0.410 e. The van der Waals surface area contributed by atoms with Crippen LogP contribution >= 0.6 is 0 Å². The van der Waals surface area contributed by atoms with Crippen LogP contribution in [0.25, 0.3) is 0 Å². The van der Waals surface area contributed by atoms with Crippen LogP contribution in [0.5, 0.6) is 0 Å². The molecule has 0 radical (unpaired) electrons. The number of nitrogens with zero attached hydrogens (tertiary/aromatic N) is 2. The summed E-state index contributed by atoms with van der Waals surface area (Å²) >= 11 is 0. The molecule has 0 aliphatic heterocycles. The Hall–Kier alpha value is -1.76. The van der Waals surface area contributed by atoms with E-state index < -0.39 is 37.7 Å². The van der Waals surface area contributed by atoms with Gasteiger partial charge in [-0.3, -0.25) is 0 Å². The molecule has 224 valence electrons. The normalized spacial score (nSPS) is 11.8. The summed E-state index contributed by atoms with van der Waals surface area (Å²) in [5.41, 5.74) is 4.28. The molecule has 0 spiro atoms. The third-order valence-corrected chi connectivity index (χ3v) is 4.67. The van der Waals surface area contributed by atoms with Crippen LogP contribution in [0.3, 0.4) is 0 Å². The third kappa shape index (κ3) is 34.2. The Kier molecular flexibility index (Phi) is 19.9. The Labute approximate surface area is 223 Å². The third-order valence-electron chi connectivity index (χ3n) is 3.46. The highest BCUT2D eigenvalue weighted by Gasteiger charge is 2.20. The second-order valence-corrected chi connectivity index (χ2v) is 12.6. The molecule has 0 unspecified atom stereocenters. The Bertz CT molecular complexity index is 855. The summed E-state index contributed by atoms with van der Waals surface area (Å²) in [6, 6.07) is 0. The van der Waals surface area contributed by atoms with Gasteiger partial charge in [-0.2, -0.15) is 16.8 Å². The van der Waals surface area contributed by atoms with Gasteiger partial charge < -0.3 is 25.0 Å². The molecule has 0 aliphatic rings. The lowest BCUT2D eigenvalue weighted by atomic mass is 10.2. The average Bonchev–Trinajstić information content (AvgIpc) is 2.64. The fourth-order valence-corrected chi connectivity index (χ4v) is 2.61. The lowest BCUT2D eigenvalue weighted by Gasteiger charge is -2.24. The van der Waals surface area contributed by atoms with Gasteiger partial charge in [0.1, 0.15) is 11.2 Å². The van der Waals surface area contributed by atoms with Crippen LogP contribution in [-0.4, -0.2) is 96.8 Å². The number of carbonyl (C=O) groups excluding carboxylic acids is 2. The largest absolute Gasteiger partial charge is 0.444 e. The molecule has 15 nitrogen and oxygen atoms in total.